The summed E-state index contributed by atoms with van der Waals surface area (Å²) in [4.78, 5) is 2.06. The molecule has 2 rings (SSSR count). The molecule has 0 bridgehead atoms. The third kappa shape index (κ3) is 3.58. The molecule has 0 spiro atoms. The van der Waals surface area contributed by atoms with Gasteiger partial charge < -0.3 is 10.0 Å². The fourth-order valence-electron chi connectivity index (χ4n) is 1.74. The summed E-state index contributed by atoms with van der Waals surface area (Å²) in [6.45, 7) is 1.53. The van der Waals surface area contributed by atoms with Gasteiger partial charge in [0.05, 0.1) is 27.2 Å². The number of aliphatic hydroxyl groups excluding tert-OH is 1. The largest absolute Gasteiger partial charge is 0.382 e. The van der Waals surface area contributed by atoms with Gasteiger partial charge in [-0.05, 0) is 47.0 Å². The quantitative estimate of drug-likeness (QED) is 0.887. The van der Waals surface area contributed by atoms with Gasteiger partial charge in [-0.3, -0.25) is 4.68 Å². The van der Waals surface area contributed by atoms with Crippen LogP contribution in [-0.2, 0) is 6.54 Å². The molecule has 0 radical (unpaired) electrons. The van der Waals surface area contributed by atoms with E-state index in [1.807, 2.05) is 25.5 Å². The van der Waals surface area contributed by atoms with E-state index in [9.17, 15) is 5.11 Å². The van der Waals surface area contributed by atoms with E-state index in [0.717, 1.165) is 15.9 Å². The predicted octanol–water partition coefficient (Wildman–Crippen LogP) is 3.00. The van der Waals surface area contributed by atoms with Gasteiger partial charge in [-0.15, -0.1) is 11.3 Å². The summed E-state index contributed by atoms with van der Waals surface area (Å²) in [5.74, 6) is 0. The van der Waals surface area contributed by atoms with Crippen molar-refractivity contribution in [3.8, 4) is 0 Å². The molecule has 2 heterocycles. The molecule has 2 aromatic heterocycles. The Morgan fingerprint density at radius 2 is 2.32 bits per heavy atom. The molecule has 19 heavy (non-hydrogen) atoms. The van der Waals surface area contributed by atoms with Crippen LogP contribution in [0.3, 0.4) is 0 Å². The molecule has 0 saturated carbocycles. The highest BCUT2D eigenvalue weighted by Crippen LogP contribution is 2.32. The minimum absolute atomic E-state index is 0.494. The molecule has 0 aromatic carbocycles. The van der Waals surface area contributed by atoms with Gasteiger partial charge in [0.1, 0.15) is 6.10 Å². The zero-order valence-electron chi connectivity index (χ0n) is 10.7. The number of likely N-dealkylation sites (N-methyl/N-ethyl adjacent to an activating group) is 1. The molecule has 0 saturated heterocycles. The predicted molar refractivity (Wildman–Crippen MR) is 81.9 cm³/mol. The summed E-state index contributed by atoms with van der Waals surface area (Å²) >= 11 is 11.1. The van der Waals surface area contributed by atoms with Gasteiger partial charge in [0.25, 0.3) is 0 Å². The first-order chi connectivity index (χ1) is 8.99. The minimum Gasteiger partial charge on any atom is -0.382 e. The maximum atomic E-state index is 10.4. The van der Waals surface area contributed by atoms with Crippen LogP contribution in [0.1, 0.15) is 17.4 Å². The van der Waals surface area contributed by atoms with E-state index in [4.69, 9.17) is 11.6 Å². The van der Waals surface area contributed by atoms with Crippen LogP contribution >= 0.6 is 38.9 Å². The number of nitrogens with zero attached hydrogens (tertiary/aromatic N) is 3. The van der Waals surface area contributed by atoms with Crippen LogP contribution in [0.25, 0.3) is 0 Å². The number of hydrogen-bond donors (Lipinski definition) is 1. The third-order valence-corrected chi connectivity index (χ3v) is 4.57. The van der Waals surface area contributed by atoms with E-state index >= 15 is 0 Å². The van der Waals surface area contributed by atoms with Gasteiger partial charge in [-0.2, -0.15) is 5.10 Å². The smallest absolute Gasteiger partial charge is 0.123 e. The number of rotatable bonds is 5. The van der Waals surface area contributed by atoms with Crippen molar-refractivity contribution < 1.29 is 5.11 Å². The van der Waals surface area contributed by atoms with Crippen LogP contribution in [0.2, 0.25) is 5.02 Å². The zero-order valence-corrected chi connectivity index (χ0v) is 13.8. The Hall–Kier alpha value is -0.400. The number of aliphatic hydroxyl groups is 1. The molecule has 1 unspecified atom stereocenters. The number of halogens is 2. The molecule has 1 atom stereocenters. The lowest BCUT2D eigenvalue weighted by atomic mass is 10.1. The molecule has 0 amide bonds. The number of hydrogen-bond acceptors (Lipinski definition) is 4. The van der Waals surface area contributed by atoms with E-state index in [1.54, 1.807) is 10.9 Å². The first-order valence-corrected chi connectivity index (χ1v) is 7.82. The molecule has 7 heteroatoms. The Labute approximate surface area is 129 Å². The van der Waals surface area contributed by atoms with Crippen molar-refractivity contribution in [3.63, 3.8) is 0 Å². The Kier molecular flexibility index (Phi) is 5.03. The second kappa shape index (κ2) is 6.37. The van der Waals surface area contributed by atoms with E-state index in [2.05, 4.69) is 25.9 Å². The molecule has 4 nitrogen and oxygen atoms in total. The standard InChI is InChI=1S/C12H15BrClN3OS/c1-16(2)3-4-17-11(9(14)6-15-17)12(18)8-5-10(13)19-7-8/h5-7,12,18H,3-4H2,1-2H3. The summed E-state index contributed by atoms with van der Waals surface area (Å²) in [7, 11) is 3.99. The minimum atomic E-state index is -0.750. The Morgan fingerprint density at radius 1 is 1.58 bits per heavy atom. The second-order valence-electron chi connectivity index (χ2n) is 4.49. The molecule has 0 aliphatic carbocycles. The lowest BCUT2D eigenvalue weighted by Gasteiger charge is -2.15. The summed E-state index contributed by atoms with van der Waals surface area (Å²) in [5.41, 5.74) is 1.47. The van der Waals surface area contributed by atoms with Crippen molar-refractivity contribution in [1.82, 2.24) is 14.7 Å². The third-order valence-electron chi connectivity index (χ3n) is 2.75. The van der Waals surface area contributed by atoms with Crippen LogP contribution < -0.4 is 0 Å². The average Bonchev–Trinajstić information content (AvgIpc) is 2.92. The van der Waals surface area contributed by atoms with Crippen LogP contribution in [-0.4, -0.2) is 40.4 Å². The molecule has 0 fully saturated rings. The van der Waals surface area contributed by atoms with Crippen molar-refractivity contribution in [2.75, 3.05) is 20.6 Å². The fraction of sp³-hybridized carbons (Fsp3) is 0.417. The lowest BCUT2D eigenvalue weighted by Crippen LogP contribution is -2.21. The van der Waals surface area contributed by atoms with E-state index < -0.39 is 6.10 Å². The van der Waals surface area contributed by atoms with Crippen molar-refractivity contribution in [2.24, 2.45) is 0 Å². The van der Waals surface area contributed by atoms with Gasteiger partial charge in [-0.1, -0.05) is 11.6 Å². The van der Waals surface area contributed by atoms with Crippen LogP contribution in [0.5, 0.6) is 0 Å². The van der Waals surface area contributed by atoms with Crippen molar-refractivity contribution in [2.45, 2.75) is 12.6 Å². The van der Waals surface area contributed by atoms with E-state index in [-0.39, 0.29) is 0 Å². The first-order valence-electron chi connectivity index (χ1n) is 5.77. The summed E-state index contributed by atoms with van der Waals surface area (Å²) < 4.78 is 2.75. The van der Waals surface area contributed by atoms with Crippen LogP contribution in [0.15, 0.2) is 21.4 Å². The molecule has 1 N–H and O–H groups in total. The van der Waals surface area contributed by atoms with Crippen LogP contribution in [0.4, 0.5) is 0 Å². The van der Waals surface area contributed by atoms with Gasteiger partial charge >= 0.3 is 0 Å². The topological polar surface area (TPSA) is 41.3 Å². The fourth-order valence-corrected chi connectivity index (χ4v) is 3.18. The van der Waals surface area contributed by atoms with Crippen molar-refractivity contribution in [3.05, 3.63) is 37.7 Å². The summed E-state index contributed by atoms with van der Waals surface area (Å²) in [6.07, 6.45) is 0.830. The Balaban J connectivity index is 2.25. The summed E-state index contributed by atoms with van der Waals surface area (Å²) in [5, 5.41) is 17.1. The summed E-state index contributed by atoms with van der Waals surface area (Å²) in [6, 6.07) is 1.90. The maximum Gasteiger partial charge on any atom is 0.123 e. The highest BCUT2D eigenvalue weighted by Gasteiger charge is 2.20. The Bertz CT molecular complexity index is 555. The van der Waals surface area contributed by atoms with Crippen molar-refractivity contribution >= 4 is 38.9 Å². The van der Waals surface area contributed by atoms with E-state index in [0.29, 0.717) is 17.3 Å². The van der Waals surface area contributed by atoms with Crippen LogP contribution in [0, 0.1) is 0 Å². The SMILES string of the molecule is CN(C)CCn1ncc(Cl)c1C(O)c1csc(Br)c1. The lowest BCUT2D eigenvalue weighted by molar-refractivity contribution is 0.206. The van der Waals surface area contributed by atoms with Crippen molar-refractivity contribution in [1.29, 1.82) is 0 Å². The van der Waals surface area contributed by atoms with Gasteiger partial charge in [-0.25, -0.2) is 0 Å². The molecular weight excluding hydrogens is 350 g/mol. The molecule has 0 aliphatic heterocycles. The monoisotopic (exact) mass is 363 g/mol. The highest BCUT2D eigenvalue weighted by molar-refractivity contribution is 9.11. The number of aromatic nitrogens is 2. The zero-order chi connectivity index (χ0) is 14.0. The molecular formula is C12H15BrClN3OS. The molecule has 0 aliphatic rings. The normalized spacial score (nSPS) is 13.2. The first kappa shape index (κ1) is 15.0. The second-order valence-corrected chi connectivity index (χ2v) is 7.19. The van der Waals surface area contributed by atoms with Gasteiger partial charge in [0, 0.05) is 6.54 Å². The van der Waals surface area contributed by atoms with Gasteiger partial charge in [0.15, 0.2) is 0 Å². The molecule has 2 aromatic rings. The Morgan fingerprint density at radius 3 is 2.89 bits per heavy atom. The number of thiophene rings is 1. The van der Waals surface area contributed by atoms with E-state index in [1.165, 1.54) is 11.3 Å². The molecule has 104 valence electrons. The highest BCUT2D eigenvalue weighted by atomic mass is 79.9. The van der Waals surface area contributed by atoms with Gasteiger partial charge in [0.2, 0.25) is 0 Å². The average molecular weight is 365 g/mol. The maximum absolute atomic E-state index is 10.4.